The number of nitrogens with one attached hydrogen (secondary N) is 2. The Hall–Kier alpha value is -2.15. The highest BCUT2D eigenvalue weighted by atomic mass is 35.5. The van der Waals surface area contributed by atoms with Crippen molar-refractivity contribution in [2.45, 2.75) is 20.3 Å². The van der Waals surface area contributed by atoms with Crippen LogP contribution in [0.5, 0.6) is 5.75 Å². The van der Waals surface area contributed by atoms with Crippen LogP contribution in [0.25, 0.3) is 10.1 Å². The Kier molecular flexibility index (Phi) is 5.99. The summed E-state index contributed by atoms with van der Waals surface area (Å²) in [5.74, 6) is 0.389. The number of anilines is 1. The number of carbonyl (C=O) groups is 1. The molecule has 1 heterocycles. The maximum absolute atomic E-state index is 12.7. The van der Waals surface area contributed by atoms with Crippen molar-refractivity contribution in [1.29, 1.82) is 0 Å². The number of thiophene rings is 1. The highest BCUT2D eigenvalue weighted by molar-refractivity contribution is 7.80. The molecule has 0 aliphatic heterocycles. The molecule has 0 atom stereocenters. The third-order valence-corrected chi connectivity index (χ3v) is 6.11. The van der Waals surface area contributed by atoms with Crippen LogP contribution < -0.4 is 15.4 Å². The number of rotatable bonds is 4. The number of benzene rings is 2. The minimum absolute atomic E-state index is 0.245. The Morgan fingerprint density at radius 3 is 2.78 bits per heavy atom. The number of ether oxygens (including phenoxy) is 1. The molecule has 0 saturated heterocycles. The van der Waals surface area contributed by atoms with Gasteiger partial charge in [-0.25, -0.2) is 0 Å². The maximum atomic E-state index is 12.7. The van der Waals surface area contributed by atoms with Gasteiger partial charge in [-0.15, -0.1) is 11.3 Å². The number of para-hydroxylation sites is 1. The molecule has 0 saturated carbocycles. The summed E-state index contributed by atoms with van der Waals surface area (Å²) >= 11 is 13.1. The molecular formula is C20H19ClN2O2S2. The van der Waals surface area contributed by atoms with Crippen LogP contribution in [0.15, 0.2) is 36.4 Å². The van der Waals surface area contributed by atoms with Crippen LogP contribution in [0.3, 0.4) is 0 Å². The molecule has 4 nitrogen and oxygen atoms in total. The lowest BCUT2D eigenvalue weighted by Gasteiger charge is -2.15. The highest BCUT2D eigenvalue weighted by Gasteiger charge is 2.19. The third-order valence-electron chi connectivity index (χ3n) is 4.25. The van der Waals surface area contributed by atoms with E-state index in [1.807, 2.05) is 43.3 Å². The smallest absolute Gasteiger partial charge is 0.269 e. The zero-order valence-electron chi connectivity index (χ0n) is 15.2. The lowest BCUT2D eigenvalue weighted by molar-refractivity contribution is 0.0982. The molecule has 140 valence electrons. The molecule has 0 spiro atoms. The number of carbonyl (C=O) groups excluding carboxylic acids is 1. The molecule has 27 heavy (non-hydrogen) atoms. The number of amides is 1. The number of hydrogen-bond donors (Lipinski definition) is 2. The first-order valence-corrected chi connectivity index (χ1v) is 10.0. The molecule has 0 unspecified atom stereocenters. The van der Waals surface area contributed by atoms with Gasteiger partial charge in [-0.1, -0.05) is 36.7 Å². The molecule has 0 bridgehead atoms. The van der Waals surface area contributed by atoms with Crippen molar-refractivity contribution in [3.63, 3.8) is 0 Å². The van der Waals surface area contributed by atoms with E-state index in [0.717, 1.165) is 39.1 Å². The van der Waals surface area contributed by atoms with Crippen LogP contribution in [0, 0.1) is 6.92 Å². The van der Waals surface area contributed by atoms with E-state index >= 15 is 0 Å². The predicted molar refractivity (Wildman–Crippen MR) is 118 cm³/mol. The second-order valence-electron chi connectivity index (χ2n) is 5.98. The van der Waals surface area contributed by atoms with Crippen molar-refractivity contribution in [1.82, 2.24) is 5.32 Å². The van der Waals surface area contributed by atoms with Crippen LogP contribution in [0.1, 0.15) is 27.7 Å². The Balaban J connectivity index is 1.80. The van der Waals surface area contributed by atoms with Crippen molar-refractivity contribution in [2.24, 2.45) is 0 Å². The lowest BCUT2D eigenvalue weighted by atomic mass is 10.1. The molecule has 0 aliphatic rings. The van der Waals surface area contributed by atoms with Crippen LogP contribution in [0.2, 0.25) is 5.02 Å². The molecule has 2 N–H and O–H groups in total. The van der Waals surface area contributed by atoms with Gasteiger partial charge >= 0.3 is 0 Å². The normalized spacial score (nSPS) is 10.7. The van der Waals surface area contributed by atoms with E-state index in [-0.39, 0.29) is 11.0 Å². The van der Waals surface area contributed by atoms with Gasteiger partial charge in [0.2, 0.25) is 0 Å². The fourth-order valence-corrected chi connectivity index (χ4v) is 4.46. The summed E-state index contributed by atoms with van der Waals surface area (Å²) in [4.78, 5) is 13.1. The number of hydrogen-bond acceptors (Lipinski definition) is 4. The fraction of sp³-hybridized carbons (Fsp3) is 0.200. The third kappa shape index (κ3) is 4.08. The number of aryl methyl sites for hydroxylation is 2. The molecule has 2 aromatic carbocycles. The van der Waals surface area contributed by atoms with Gasteiger partial charge in [0, 0.05) is 15.8 Å². The molecule has 0 fully saturated rings. The zero-order valence-corrected chi connectivity index (χ0v) is 17.6. The Labute approximate surface area is 172 Å². The van der Waals surface area contributed by atoms with Crippen LogP contribution in [0.4, 0.5) is 5.69 Å². The Morgan fingerprint density at radius 1 is 1.30 bits per heavy atom. The van der Waals surface area contributed by atoms with E-state index in [1.165, 1.54) is 11.3 Å². The molecule has 7 heteroatoms. The van der Waals surface area contributed by atoms with Gasteiger partial charge < -0.3 is 10.1 Å². The van der Waals surface area contributed by atoms with Crippen molar-refractivity contribution in [2.75, 3.05) is 12.4 Å². The molecule has 3 rings (SSSR count). The first-order valence-electron chi connectivity index (χ1n) is 8.41. The average Bonchev–Trinajstić information content (AvgIpc) is 2.99. The largest absolute Gasteiger partial charge is 0.497 e. The van der Waals surface area contributed by atoms with E-state index in [9.17, 15) is 4.79 Å². The van der Waals surface area contributed by atoms with Crippen molar-refractivity contribution < 1.29 is 9.53 Å². The molecular weight excluding hydrogens is 400 g/mol. The average molecular weight is 419 g/mol. The topological polar surface area (TPSA) is 50.4 Å². The second kappa shape index (κ2) is 8.25. The maximum Gasteiger partial charge on any atom is 0.269 e. The Bertz CT molecular complexity index is 1030. The van der Waals surface area contributed by atoms with Gasteiger partial charge in [-0.3, -0.25) is 10.1 Å². The molecule has 3 aromatic rings. The second-order valence-corrected chi connectivity index (χ2v) is 7.82. The summed E-state index contributed by atoms with van der Waals surface area (Å²) in [6.07, 6.45) is 0.866. The number of methoxy groups -OCH3 is 1. The number of fused-ring (bicyclic) bond motifs is 1. The standard InChI is InChI=1S/C20H19ClN2O2S2/c1-4-12-7-5-6-11(2)17(12)22-20(26)23-19(24)18-16(21)14-9-8-13(25-3)10-15(14)27-18/h5-10H,4H2,1-3H3,(H2,22,23,24,26). The summed E-state index contributed by atoms with van der Waals surface area (Å²) in [6, 6.07) is 11.6. The van der Waals surface area contributed by atoms with Gasteiger partial charge in [0.1, 0.15) is 10.6 Å². The zero-order chi connectivity index (χ0) is 19.6. The summed E-state index contributed by atoms with van der Waals surface area (Å²) in [7, 11) is 1.60. The monoisotopic (exact) mass is 418 g/mol. The number of halogens is 1. The highest BCUT2D eigenvalue weighted by Crippen LogP contribution is 2.37. The first kappa shape index (κ1) is 19.6. The summed E-state index contributed by atoms with van der Waals surface area (Å²) < 4.78 is 6.11. The van der Waals surface area contributed by atoms with Crippen molar-refractivity contribution in [3.05, 3.63) is 57.4 Å². The summed E-state index contributed by atoms with van der Waals surface area (Å²) in [6.45, 7) is 4.08. The van der Waals surface area contributed by atoms with Gasteiger partial charge in [-0.05, 0) is 54.9 Å². The fourth-order valence-electron chi connectivity index (χ4n) is 2.83. The van der Waals surface area contributed by atoms with Gasteiger partial charge in [0.15, 0.2) is 5.11 Å². The van der Waals surface area contributed by atoms with Crippen LogP contribution >= 0.6 is 35.2 Å². The molecule has 1 aromatic heterocycles. The number of thiocarbonyl (C=S) groups is 1. The molecule has 0 aliphatic carbocycles. The van der Waals surface area contributed by atoms with E-state index in [2.05, 4.69) is 17.6 Å². The summed E-state index contributed by atoms with van der Waals surface area (Å²) in [5, 5.41) is 7.36. The SMILES string of the molecule is CCc1cccc(C)c1NC(=S)NC(=O)c1sc2cc(OC)ccc2c1Cl. The lowest BCUT2D eigenvalue weighted by Crippen LogP contribution is -2.34. The van der Waals surface area contributed by atoms with Crippen molar-refractivity contribution in [3.8, 4) is 5.75 Å². The van der Waals surface area contributed by atoms with Gasteiger partial charge in [0.05, 0.1) is 12.1 Å². The van der Waals surface area contributed by atoms with Crippen LogP contribution in [-0.4, -0.2) is 18.1 Å². The van der Waals surface area contributed by atoms with Crippen LogP contribution in [-0.2, 0) is 6.42 Å². The van der Waals surface area contributed by atoms with E-state index < -0.39 is 0 Å². The van der Waals surface area contributed by atoms with E-state index in [1.54, 1.807) is 7.11 Å². The minimum Gasteiger partial charge on any atom is -0.497 e. The Morgan fingerprint density at radius 2 is 2.07 bits per heavy atom. The van der Waals surface area contributed by atoms with E-state index in [4.69, 9.17) is 28.6 Å². The summed E-state index contributed by atoms with van der Waals surface area (Å²) in [5.41, 5.74) is 3.13. The van der Waals surface area contributed by atoms with Gasteiger partial charge in [-0.2, -0.15) is 0 Å². The molecule has 0 radical (unpaired) electrons. The van der Waals surface area contributed by atoms with Crippen molar-refractivity contribution >= 4 is 61.9 Å². The first-order chi connectivity index (χ1) is 12.9. The quantitative estimate of drug-likeness (QED) is 0.544. The van der Waals surface area contributed by atoms with Gasteiger partial charge in [0.25, 0.3) is 5.91 Å². The predicted octanol–water partition coefficient (Wildman–Crippen LogP) is 5.56. The molecule has 1 amide bonds. The van der Waals surface area contributed by atoms with E-state index in [0.29, 0.717) is 9.90 Å². The minimum atomic E-state index is -0.329.